The summed E-state index contributed by atoms with van der Waals surface area (Å²) in [6.07, 6.45) is 2.78. The van der Waals surface area contributed by atoms with Gasteiger partial charge in [-0.2, -0.15) is 0 Å². The number of amides is 1. The minimum absolute atomic E-state index is 0.00566. The molecule has 1 aliphatic rings. The highest BCUT2D eigenvalue weighted by Crippen LogP contribution is 2.31. The molecule has 1 atom stereocenters. The number of hydrogen-bond donors (Lipinski definition) is 1. The van der Waals surface area contributed by atoms with E-state index >= 15 is 0 Å². The molecule has 1 heterocycles. The van der Waals surface area contributed by atoms with E-state index in [0.717, 1.165) is 34.7 Å². The molecule has 1 N–H and O–H groups in total. The number of anilines is 1. The molecular weight excluding hydrogens is 426 g/mol. The molecule has 0 saturated carbocycles. The Labute approximate surface area is 188 Å². The number of aromatic nitrogens is 1. The number of nitrogens with zero attached hydrogens (tertiary/aromatic N) is 2. The van der Waals surface area contributed by atoms with Crippen LogP contribution in [0.3, 0.4) is 0 Å². The highest BCUT2D eigenvalue weighted by atomic mass is 32.2. The fourth-order valence-corrected chi connectivity index (χ4v) is 5.97. The monoisotopic (exact) mass is 453 g/mol. The number of aryl methyl sites for hydroxylation is 4. The van der Waals surface area contributed by atoms with Gasteiger partial charge in [0.25, 0.3) is 10.0 Å². The van der Waals surface area contributed by atoms with Crippen molar-refractivity contribution in [1.82, 2.24) is 10.5 Å². The van der Waals surface area contributed by atoms with Crippen molar-refractivity contribution in [3.05, 3.63) is 76.7 Å². The maximum Gasteiger partial charge on any atom is 0.270 e. The summed E-state index contributed by atoms with van der Waals surface area (Å²) in [6, 6.07) is 15.0. The van der Waals surface area contributed by atoms with Crippen LogP contribution >= 0.6 is 0 Å². The number of nitrogens with one attached hydrogen (secondary N) is 1. The van der Waals surface area contributed by atoms with Crippen molar-refractivity contribution in [2.45, 2.75) is 51.0 Å². The summed E-state index contributed by atoms with van der Waals surface area (Å²) >= 11 is 0. The van der Waals surface area contributed by atoms with Crippen molar-refractivity contribution in [1.29, 1.82) is 0 Å². The predicted molar refractivity (Wildman–Crippen MR) is 122 cm³/mol. The molecular formula is C24H27N3O4S. The van der Waals surface area contributed by atoms with Crippen molar-refractivity contribution in [3.8, 4) is 0 Å². The van der Waals surface area contributed by atoms with Crippen LogP contribution in [0.5, 0.6) is 0 Å². The van der Waals surface area contributed by atoms with Crippen molar-refractivity contribution in [3.63, 3.8) is 0 Å². The number of benzene rings is 2. The zero-order valence-corrected chi connectivity index (χ0v) is 19.3. The smallest absolute Gasteiger partial charge is 0.270 e. The van der Waals surface area contributed by atoms with Crippen LogP contribution in [0.15, 0.2) is 57.9 Å². The lowest BCUT2D eigenvalue weighted by Gasteiger charge is -2.28. The topological polar surface area (TPSA) is 92.5 Å². The molecule has 3 aromatic rings. The zero-order valence-electron chi connectivity index (χ0n) is 18.5. The minimum atomic E-state index is -4.07. The summed E-state index contributed by atoms with van der Waals surface area (Å²) in [5.74, 6) is -0.163. The van der Waals surface area contributed by atoms with Gasteiger partial charge >= 0.3 is 0 Å². The third-order valence-electron chi connectivity index (χ3n) is 5.83. The summed E-state index contributed by atoms with van der Waals surface area (Å²) in [5.41, 5.74) is 3.99. The minimum Gasteiger partial charge on any atom is -0.360 e. The van der Waals surface area contributed by atoms with Gasteiger partial charge in [0.05, 0.1) is 11.7 Å². The quantitative estimate of drug-likeness (QED) is 0.609. The first-order chi connectivity index (χ1) is 15.3. The first-order valence-corrected chi connectivity index (χ1v) is 12.1. The van der Waals surface area contributed by atoms with Gasteiger partial charge in [0.15, 0.2) is 10.7 Å². The number of sulfonamides is 1. The highest BCUT2D eigenvalue weighted by molar-refractivity contribution is 7.93. The zero-order chi connectivity index (χ0) is 22.9. The number of hydrogen-bond acceptors (Lipinski definition) is 5. The van der Waals surface area contributed by atoms with Crippen LogP contribution in [0.2, 0.25) is 0 Å². The fraction of sp³-hybridized carbons (Fsp3) is 0.333. The molecule has 0 unspecified atom stereocenters. The molecule has 0 radical (unpaired) electrons. The normalized spacial score (nSPS) is 15.8. The average Bonchev–Trinajstić information content (AvgIpc) is 3.12. The summed E-state index contributed by atoms with van der Waals surface area (Å²) in [4.78, 5) is 13.1. The largest absolute Gasteiger partial charge is 0.360 e. The summed E-state index contributed by atoms with van der Waals surface area (Å²) in [6.45, 7) is 4.72. The van der Waals surface area contributed by atoms with E-state index in [9.17, 15) is 13.2 Å². The maximum atomic E-state index is 13.6. The van der Waals surface area contributed by atoms with Gasteiger partial charge in [-0.3, -0.25) is 9.10 Å². The Balaban J connectivity index is 1.64. The van der Waals surface area contributed by atoms with E-state index in [1.54, 1.807) is 26.0 Å². The molecule has 0 spiro atoms. The van der Waals surface area contributed by atoms with Gasteiger partial charge in [0.2, 0.25) is 5.91 Å². The van der Waals surface area contributed by atoms with Crippen molar-refractivity contribution in [2.24, 2.45) is 0 Å². The second kappa shape index (κ2) is 8.78. The van der Waals surface area contributed by atoms with Gasteiger partial charge in [-0.05, 0) is 63.3 Å². The predicted octanol–water partition coefficient (Wildman–Crippen LogP) is 3.99. The van der Waals surface area contributed by atoms with E-state index in [1.165, 1.54) is 5.56 Å². The van der Waals surface area contributed by atoms with Crippen LogP contribution in [0.4, 0.5) is 5.69 Å². The number of rotatable bonds is 6. The third-order valence-corrected chi connectivity index (χ3v) is 7.85. The second-order valence-electron chi connectivity index (χ2n) is 8.21. The summed E-state index contributed by atoms with van der Waals surface area (Å²) in [7, 11) is -4.07. The molecule has 0 saturated heterocycles. The van der Waals surface area contributed by atoms with Gasteiger partial charge < -0.3 is 9.84 Å². The van der Waals surface area contributed by atoms with E-state index < -0.39 is 10.0 Å². The SMILES string of the molecule is Cc1ccc(N(CC(=O)N[C@H]2CCCc3ccccc32)S(=O)(=O)c2c(C)noc2C)cc1. The highest BCUT2D eigenvalue weighted by Gasteiger charge is 2.33. The second-order valence-corrected chi connectivity index (χ2v) is 10.0. The van der Waals surface area contributed by atoms with Crippen molar-refractivity contribution < 1.29 is 17.7 Å². The van der Waals surface area contributed by atoms with Gasteiger partial charge in [-0.15, -0.1) is 0 Å². The van der Waals surface area contributed by atoms with E-state index in [0.29, 0.717) is 5.69 Å². The number of fused-ring (bicyclic) bond motifs is 1. The average molecular weight is 454 g/mol. The molecule has 0 aliphatic heterocycles. The lowest BCUT2D eigenvalue weighted by Crippen LogP contribution is -2.42. The van der Waals surface area contributed by atoms with Gasteiger partial charge in [0.1, 0.15) is 12.2 Å². The van der Waals surface area contributed by atoms with E-state index in [4.69, 9.17) is 4.52 Å². The maximum absolute atomic E-state index is 13.6. The van der Waals surface area contributed by atoms with E-state index in [-0.39, 0.29) is 34.8 Å². The molecule has 1 amide bonds. The first kappa shape index (κ1) is 22.1. The third kappa shape index (κ3) is 4.27. The van der Waals surface area contributed by atoms with Crippen LogP contribution in [0.1, 0.15) is 47.0 Å². The molecule has 0 bridgehead atoms. The molecule has 0 fully saturated rings. The Morgan fingerprint density at radius 3 is 2.53 bits per heavy atom. The molecule has 168 valence electrons. The standard InChI is InChI=1S/C24H27N3O4S/c1-16-11-13-20(14-12-16)27(32(29,30)24-17(2)26-31-18(24)3)15-23(28)25-22-10-6-8-19-7-4-5-9-21(19)22/h4-5,7,9,11-14,22H,6,8,10,15H2,1-3H3,(H,25,28)/t22-/m0/s1. The van der Waals surface area contributed by atoms with Crippen LogP contribution in [0, 0.1) is 20.8 Å². The molecule has 1 aliphatic carbocycles. The Kier molecular flexibility index (Phi) is 6.06. The van der Waals surface area contributed by atoms with Crippen LogP contribution in [-0.4, -0.2) is 26.0 Å². The van der Waals surface area contributed by atoms with Gasteiger partial charge in [0, 0.05) is 0 Å². The molecule has 2 aromatic carbocycles. The van der Waals surface area contributed by atoms with Crippen LogP contribution in [-0.2, 0) is 21.2 Å². The molecule has 7 nitrogen and oxygen atoms in total. The first-order valence-electron chi connectivity index (χ1n) is 10.7. The van der Waals surface area contributed by atoms with Crippen molar-refractivity contribution >= 4 is 21.6 Å². The lowest BCUT2D eigenvalue weighted by molar-refractivity contribution is -0.120. The van der Waals surface area contributed by atoms with Crippen molar-refractivity contribution in [2.75, 3.05) is 10.8 Å². The molecule has 4 rings (SSSR count). The molecule has 1 aromatic heterocycles. The summed E-state index contributed by atoms with van der Waals surface area (Å²) in [5, 5.41) is 6.84. The van der Waals surface area contributed by atoms with Gasteiger partial charge in [-0.25, -0.2) is 8.42 Å². The Bertz CT molecular complexity index is 1210. The lowest BCUT2D eigenvalue weighted by atomic mass is 9.88. The molecule has 32 heavy (non-hydrogen) atoms. The van der Waals surface area contributed by atoms with Gasteiger partial charge in [-0.1, -0.05) is 47.1 Å². The van der Waals surface area contributed by atoms with E-state index in [1.807, 2.05) is 37.3 Å². The summed E-state index contributed by atoms with van der Waals surface area (Å²) < 4.78 is 33.4. The Morgan fingerprint density at radius 1 is 1.12 bits per heavy atom. The van der Waals surface area contributed by atoms with Crippen LogP contribution < -0.4 is 9.62 Å². The fourth-order valence-electron chi connectivity index (χ4n) is 4.25. The van der Waals surface area contributed by atoms with E-state index in [2.05, 4.69) is 16.5 Å². The Morgan fingerprint density at radius 2 is 1.84 bits per heavy atom. The number of carbonyl (C=O) groups is 1. The van der Waals surface area contributed by atoms with Crippen LogP contribution in [0.25, 0.3) is 0 Å². The Hall–Kier alpha value is -3.13. The number of carbonyl (C=O) groups excluding carboxylic acids is 1. The molecule has 8 heteroatoms.